The van der Waals surface area contributed by atoms with Crippen molar-refractivity contribution in [3.8, 4) is 0 Å². The highest BCUT2D eigenvalue weighted by Crippen LogP contribution is 2.38. The second kappa shape index (κ2) is 3.55. The Hall–Kier alpha value is -0.740. The zero-order valence-corrected chi connectivity index (χ0v) is 8.05. The van der Waals surface area contributed by atoms with Crippen molar-refractivity contribution < 1.29 is 9.53 Å². The van der Waals surface area contributed by atoms with Crippen LogP contribution in [0.1, 0.15) is 6.42 Å². The molecule has 0 spiro atoms. The summed E-state index contributed by atoms with van der Waals surface area (Å²) in [5.74, 6) is 0. The van der Waals surface area contributed by atoms with Gasteiger partial charge in [-0.25, -0.2) is 0 Å². The monoisotopic (exact) mass is 197 g/mol. The van der Waals surface area contributed by atoms with Gasteiger partial charge in [-0.3, -0.25) is 4.79 Å². The van der Waals surface area contributed by atoms with Crippen LogP contribution in [0, 0.1) is 0 Å². The minimum atomic E-state index is -0.0996. The van der Waals surface area contributed by atoms with E-state index >= 15 is 0 Å². The molecule has 2 aliphatic rings. The minimum absolute atomic E-state index is 0.0952. The van der Waals surface area contributed by atoms with Gasteiger partial charge < -0.3 is 9.64 Å². The largest absolute Gasteiger partial charge is 0.349 e. The lowest BCUT2D eigenvalue weighted by Crippen LogP contribution is -2.33. The molecule has 1 unspecified atom stereocenters. The van der Waals surface area contributed by atoms with Crippen LogP contribution in [-0.2, 0) is 4.74 Å². The second-order valence-electron chi connectivity index (χ2n) is 2.93. The number of nitrogens with zero attached hydrogens (tertiary/aromatic N) is 1. The molecule has 13 heavy (non-hydrogen) atoms. The molecule has 0 N–H and O–H groups in total. The minimum Gasteiger partial charge on any atom is -0.349 e. The lowest BCUT2D eigenvalue weighted by molar-refractivity contribution is 0.0313. The molecule has 0 aromatic rings. The molecule has 0 aliphatic carbocycles. The molecule has 0 bridgehead atoms. The Bertz CT molecular complexity index is 275. The molecule has 0 saturated carbocycles. The molecular formula is C9H11NO2S. The van der Waals surface area contributed by atoms with Crippen molar-refractivity contribution in [3.05, 3.63) is 23.6 Å². The summed E-state index contributed by atoms with van der Waals surface area (Å²) in [6.45, 7) is 4.97. The highest BCUT2D eigenvalue weighted by Gasteiger charge is 2.38. The fourth-order valence-electron chi connectivity index (χ4n) is 1.43. The number of hydrogen-bond acceptors (Lipinski definition) is 3. The van der Waals surface area contributed by atoms with Crippen molar-refractivity contribution in [2.45, 2.75) is 12.6 Å². The molecule has 0 radical (unpaired) electrons. The summed E-state index contributed by atoms with van der Waals surface area (Å²) < 4.78 is 5.41. The molecule has 0 aromatic heterocycles. The molecule has 0 aromatic carbocycles. The van der Waals surface area contributed by atoms with E-state index in [2.05, 4.69) is 6.58 Å². The van der Waals surface area contributed by atoms with E-state index in [1.807, 2.05) is 12.2 Å². The van der Waals surface area contributed by atoms with Crippen LogP contribution in [0.25, 0.3) is 0 Å². The van der Waals surface area contributed by atoms with Gasteiger partial charge in [-0.1, -0.05) is 6.08 Å². The predicted octanol–water partition coefficient (Wildman–Crippen LogP) is 1.97. The number of fused-ring (bicyclic) bond motifs is 1. The summed E-state index contributed by atoms with van der Waals surface area (Å²) in [5, 5.41) is 0.0952. The van der Waals surface area contributed by atoms with Gasteiger partial charge in [0.25, 0.3) is 5.24 Å². The Morgan fingerprint density at radius 2 is 2.69 bits per heavy atom. The summed E-state index contributed by atoms with van der Waals surface area (Å²) in [6, 6.07) is 0. The van der Waals surface area contributed by atoms with Crippen molar-refractivity contribution in [2.75, 3.05) is 13.2 Å². The third-order valence-electron chi connectivity index (χ3n) is 2.08. The molecule has 1 saturated heterocycles. The van der Waals surface area contributed by atoms with Crippen LogP contribution in [0.15, 0.2) is 23.6 Å². The molecule has 1 atom stereocenters. The van der Waals surface area contributed by atoms with Crippen molar-refractivity contribution in [2.24, 2.45) is 0 Å². The van der Waals surface area contributed by atoms with Crippen molar-refractivity contribution in [3.63, 3.8) is 0 Å². The average Bonchev–Trinajstić information content (AvgIpc) is 2.62. The van der Waals surface area contributed by atoms with E-state index in [1.54, 1.807) is 4.90 Å². The summed E-state index contributed by atoms with van der Waals surface area (Å²) in [5.41, 5.74) is 0. The maximum Gasteiger partial charge on any atom is 0.288 e. The van der Waals surface area contributed by atoms with Crippen LogP contribution in [0.3, 0.4) is 0 Å². The van der Waals surface area contributed by atoms with Crippen molar-refractivity contribution in [1.82, 2.24) is 4.90 Å². The van der Waals surface area contributed by atoms with Gasteiger partial charge >= 0.3 is 0 Å². The topological polar surface area (TPSA) is 29.5 Å². The zero-order chi connectivity index (χ0) is 9.26. The van der Waals surface area contributed by atoms with E-state index < -0.39 is 0 Å². The number of thioether (sulfide) groups is 1. The summed E-state index contributed by atoms with van der Waals surface area (Å²) >= 11 is 1.28. The Morgan fingerprint density at radius 3 is 3.46 bits per heavy atom. The highest BCUT2D eigenvalue weighted by molar-refractivity contribution is 8.17. The van der Waals surface area contributed by atoms with Crippen LogP contribution < -0.4 is 0 Å². The SMILES string of the molecule is C=CCCN1C(=O)SC2=CCOC21. The molecular weight excluding hydrogens is 186 g/mol. The number of carbonyl (C=O) groups excluding carboxylic acids is 1. The molecule has 1 amide bonds. The van der Waals surface area contributed by atoms with Crippen molar-refractivity contribution in [1.29, 1.82) is 0 Å². The number of ether oxygens (including phenoxy) is 1. The van der Waals surface area contributed by atoms with E-state index in [0.717, 1.165) is 11.3 Å². The maximum absolute atomic E-state index is 11.4. The molecule has 4 heteroatoms. The molecule has 2 aliphatic heterocycles. The lowest BCUT2D eigenvalue weighted by Gasteiger charge is -2.20. The number of hydrogen-bond donors (Lipinski definition) is 0. The van der Waals surface area contributed by atoms with Gasteiger partial charge in [0.05, 0.1) is 6.61 Å². The van der Waals surface area contributed by atoms with Crippen LogP contribution in [0.2, 0.25) is 0 Å². The van der Waals surface area contributed by atoms with Crippen LogP contribution >= 0.6 is 11.8 Å². The number of rotatable bonds is 3. The van der Waals surface area contributed by atoms with Crippen LogP contribution in [0.5, 0.6) is 0 Å². The Kier molecular flexibility index (Phi) is 2.42. The zero-order valence-electron chi connectivity index (χ0n) is 7.23. The van der Waals surface area contributed by atoms with Gasteiger partial charge in [0.1, 0.15) is 0 Å². The molecule has 3 nitrogen and oxygen atoms in total. The third kappa shape index (κ3) is 1.51. The van der Waals surface area contributed by atoms with Crippen LogP contribution in [0.4, 0.5) is 4.79 Å². The third-order valence-corrected chi connectivity index (χ3v) is 3.09. The molecule has 70 valence electrons. The van der Waals surface area contributed by atoms with Crippen molar-refractivity contribution >= 4 is 17.0 Å². The molecule has 2 heterocycles. The first-order valence-electron chi connectivity index (χ1n) is 4.24. The average molecular weight is 197 g/mol. The number of carbonyl (C=O) groups is 1. The number of amides is 1. The predicted molar refractivity (Wildman–Crippen MR) is 52.3 cm³/mol. The van der Waals surface area contributed by atoms with Gasteiger partial charge in [-0.2, -0.15) is 0 Å². The van der Waals surface area contributed by atoms with Gasteiger partial charge in [0.15, 0.2) is 6.23 Å². The Balaban J connectivity index is 2.05. The first-order valence-corrected chi connectivity index (χ1v) is 5.05. The maximum atomic E-state index is 11.4. The van der Waals surface area contributed by atoms with Gasteiger partial charge in [0, 0.05) is 11.4 Å². The first kappa shape index (κ1) is 8.84. The van der Waals surface area contributed by atoms with E-state index in [0.29, 0.717) is 13.2 Å². The second-order valence-corrected chi connectivity index (χ2v) is 3.96. The lowest BCUT2D eigenvalue weighted by atomic mass is 10.3. The normalized spacial score (nSPS) is 26.2. The van der Waals surface area contributed by atoms with E-state index in [4.69, 9.17) is 4.74 Å². The van der Waals surface area contributed by atoms with Gasteiger partial charge in [0.2, 0.25) is 0 Å². The highest BCUT2D eigenvalue weighted by atomic mass is 32.2. The molecule has 1 fully saturated rings. The van der Waals surface area contributed by atoms with Crippen LogP contribution in [-0.4, -0.2) is 29.5 Å². The first-order chi connectivity index (χ1) is 6.33. The quantitative estimate of drug-likeness (QED) is 0.648. The van der Waals surface area contributed by atoms with E-state index in [9.17, 15) is 4.79 Å². The van der Waals surface area contributed by atoms with Gasteiger partial charge in [-0.15, -0.1) is 6.58 Å². The summed E-state index contributed by atoms with van der Waals surface area (Å²) in [7, 11) is 0. The fourth-order valence-corrected chi connectivity index (χ4v) is 2.39. The summed E-state index contributed by atoms with van der Waals surface area (Å²) in [6.07, 6.45) is 4.51. The summed E-state index contributed by atoms with van der Waals surface area (Å²) in [4.78, 5) is 14.2. The molecule has 2 rings (SSSR count). The van der Waals surface area contributed by atoms with E-state index in [-0.39, 0.29) is 11.5 Å². The Labute approximate surface area is 81.4 Å². The van der Waals surface area contributed by atoms with E-state index in [1.165, 1.54) is 11.8 Å². The Morgan fingerprint density at radius 1 is 1.85 bits per heavy atom. The standard InChI is InChI=1S/C9H11NO2S/c1-2-3-5-10-8-7(4-6-12-8)13-9(10)11/h2,4,8H,1,3,5-6H2. The van der Waals surface area contributed by atoms with Gasteiger partial charge in [-0.05, 0) is 24.3 Å². The fraction of sp³-hybridized carbons (Fsp3) is 0.444. The smallest absolute Gasteiger partial charge is 0.288 e.